The highest BCUT2D eigenvalue weighted by molar-refractivity contribution is 8.00. The minimum Gasteiger partial charge on any atom is -0.462 e. The summed E-state index contributed by atoms with van der Waals surface area (Å²) in [6.07, 6.45) is 3.31. The SMILES string of the molecule is CCOC(=O)c1ccc(NC(=O)C(CC)Sc2nc3c(cc2C#N)CC(c2ccccc2)CC3)cc1. The summed E-state index contributed by atoms with van der Waals surface area (Å²) in [6.45, 7) is 4.00. The maximum absolute atomic E-state index is 13.0. The molecule has 0 aliphatic heterocycles. The van der Waals surface area contributed by atoms with E-state index in [4.69, 9.17) is 9.72 Å². The molecule has 2 aromatic carbocycles. The largest absolute Gasteiger partial charge is 0.462 e. The van der Waals surface area contributed by atoms with E-state index in [1.54, 1.807) is 31.2 Å². The first-order valence-corrected chi connectivity index (χ1v) is 13.1. The Hall–Kier alpha value is -3.63. The number of hydrogen-bond acceptors (Lipinski definition) is 6. The van der Waals surface area contributed by atoms with E-state index in [9.17, 15) is 14.9 Å². The van der Waals surface area contributed by atoms with E-state index < -0.39 is 11.2 Å². The zero-order chi connectivity index (χ0) is 25.5. The number of anilines is 1. The highest BCUT2D eigenvalue weighted by atomic mass is 32.2. The minimum atomic E-state index is -0.409. The van der Waals surface area contributed by atoms with Gasteiger partial charge in [0.05, 0.1) is 23.0 Å². The number of fused-ring (bicyclic) bond motifs is 1. The van der Waals surface area contributed by atoms with Crippen molar-refractivity contribution in [3.05, 3.63) is 88.6 Å². The van der Waals surface area contributed by atoms with Crippen molar-refractivity contribution in [3.8, 4) is 6.07 Å². The highest BCUT2D eigenvalue weighted by Crippen LogP contribution is 2.35. The molecule has 0 bridgehead atoms. The molecule has 3 aromatic rings. The molecule has 1 N–H and O–H groups in total. The van der Waals surface area contributed by atoms with Crippen molar-refractivity contribution in [1.29, 1.82) is 5.26 Å². The van der Waals surface area contributed by atoms with Crippen LogP contribution in [0.1, 0.15) is 65.3 Å². The van der Waals surface area contributed by atoms with Gasteiger partial charge >= 0.3 is 5.97 Å². The van der Waals surface area contributed by atoms with Crippen molar-refractivity contribution in [1.82, 2.24) is 4.98 Å². The summed E-state index contributed by atoms with van der Waals surface area (Å²) >= 11 is 1.33. The molecule has 0 saturated carbocycles. The Morgan fingerprint density at radius 3 is 2.58 bits per heavy atom. The first-order chi connectivity index (χ1) is 17.5. The van der Waals surface area contributed by atoms with Crippen LogP contribution in [0.2, 0.25) is 0 Å². The number of ether oxygens (including phenoxy) is 1. The minimum absolute atomic E-state index is 0.168. The maximum Gasteiger partial charge on any atom is 0.338 e. The molecule has 0 fully saturated rings. The topological polar surface area (TPSA) is 92.1 Å². The number of aryl methyl sites for hydroxylation is 1. The van der Waals surface area contributed by atoms with Gasteiger partial charge in [0.25, 0.3) is 0 Å². The number of carbonyl (C=O) groups is 2. The predicted octanol–water partition coefficient (Wildman–Crippen LogP) is 5.91. The highest BCUT2D eigenvalue weighted by Gasteiger charge is 2.26. The van der Waals surface area contributed by atoms with Gasteiger partial charge in [-0.05, 0) is 80.0 Å². The second-order valence-corrected chi connectivity index (χ2v) is 9.90. The maximum atomic E-state index is 13.0. The number of benzene rings is 2. The smallest absolute Gasteiger partial charge is 0.338 e. The standard InChI is InChI=1S/C29H29N3O3S/c1-3-26(27(33)31-24-13-10-20(11-14-24)29(34)35-4-2)36-28-23(18-30)17-22-16-21(12-15-25(22)32-28)19-8-6-5-7-9-19/h5-11,13-14,17,21,26H,3-4,12,15-16H2,1-2H3,(H,31,33). The number of hydrogen-bond donors (Lipinski definition) is 1. The summed E-state index contributed by atoms with van der Waals surface area (Å²) in [4.78, 5) is 29.7. The Balaban J connectivity index is 1.46. The van der Waals surface area contributed by atoms with Crippen molar-refractivity contribution in [2.45, 2.75) is 55.7 Å². The number of thioether (sulfide) groups is 1. The van der Waals surface area contributed by atoms with Crippen molar-refractivity contribution in [3.63, 3.8) is 0 Å². The van der Waals surface area contributed by atoms with Crippen LogP contribution in [0.4, 0.5) is 5.69 Å². The third-order valence-corrected chi connectivity index (χ3v) is 7.69. The van der Waals surface area contributed by atoms with Crippen LogP contribution in [0.15, 0.2) is 65.7 Å². The molecule has 184 valence electrons. The van der Waals surface area contributed by atoms with Gasteiger partial charge in [-0.15, -0.1) is 0 Å². The molecular formula is C29H29N3O3S. The van der Waals surface area contributed by atoms with E-state index in [1.165, 1.54) is 17.3 Å². The predicted molar refractivity (Wildman–Crippen MR) is 141 cm³/mol. The Morgan fingerprint density at radius 2 is 1.92 bits per heavy atom. The first kappa shape index (κ1) is 25.5. The van der Waals surface area contributed by atoms with Crippen LogP contribution >= 0.6 is 11.8 Å². The van der Waals surface area contributed by atoms with Crippen LogP contribution in [0.25, 0.3) is 0 Å². The van der Waals surface area contributed by atoms with Crippen LogP contribution in [0, 0.1) is 11.3 Å². The molecule has 1 amide bonds. The Bertz CT molecular complexity index is 1270. The summed E-state index contributed by atoms with van der Waals surface area (Å²) in [7, 11) is 0. The molecule has 0 saturated heterocycles. The summed E-state index contributed by atoms with van der Waals surface area (Å²) in [5, 5.41) is 12.9. The third-order valence-electron chi connectivity index (χ3n) is 6.32. The Labute approximate surface area is 216 Å². The molecule has 1 heterocycles. The molecule has 4 rings (SSSR count). The number of nitriles is 1. The van der Waals surface area contributed by atoms with Gasteiger partial charge in [0.1, 0.15) is 11.1 Å². The molecule has 2 atom stereocenters. The molecule has 36 heavy (non-hydrogen) atoms. The third kappa shape index (κ3) is 5.95. The fraction of sp³-hybridized carbons (Fsp3) is 0.310. The lowest BCUT2D eigenvalue weighted by Crippen LogP contribution is -2.25. The van der Waals surface area contributed by atoms with E-state index in [-0.39, 0.29) is 5.91 Å². The van der Waals surface area contributed by atoms with Gasteiger partial charge in [0.15, 0.2) is 0 Å². The number of pyridine rings is 1. The number of nitrogens with one attached hydrogen (secondary N) is 1. The second kappa shape index (κ2) is 11.9. The second-order valence-electron chi connectivity index (χ2n) is 8.71. The molecule has 0 spiro atoms. The van der Waals surface area contributed by atoms with Gasteiger partial charge in [-0.3, -0.25) is 4.79 Å². The summed E-state index contributed by atoms with van der Waals surface area (Å²) in [5.41, 5.74) is 5.00. The number of aromatic nitrogens is 1. The first-order valence-electron chi connectivity index (χ1n) is 12.2. The van der Waals surface area contributed by atoms with Crippen molar-refractivity contribution >= 4 is 29.3 Å². The van der Waals surface area contributed by atoms with E-state index in [1.807, 2.05) is 19.1 Å². The molecule has 1 aromatic heterocycles. The lowest BCUT2D eigenvalue weighted by Gasteiger charge is -2.25. The van der Waals surface area contributed by atoms with Gasteiger partial charge in [-0.25, -0.2) is 9.78 Å². The molecule has 7 heteroatoms. The number of amides is 1. The normalized spacial score (nSPS) is 15.3. The number of esters is 1. The monoisotopic (exact) mass is 499 g/mol. The van der Waals surface area contributed by atoms with Gasteiger partial charge in [0.2, 0.25) is 5.91 Å². The summed E-state index contributed by atoms with van der Waals surface area (Å²) in [6, 6.07) is 21.3. The molecule has 1 aliphatic carbocycles. The van der Waals surface area contributed by atoms with Gasteiger partial charge in [-0.2, -0.15) is 5.26 Å². The van der Waals surface area contributed by atoms with E-state index in [0.717, 1.165) is 30.5 Å². The lowest BCUT2D eigenvalue weighted by molar-refractivity contribution is -0.115. The zero-order valence-electron chi connectivity index (χ0n) is 20.5. The summed E-state index contributed by atoms with van der Waals surface area (Å²) < 4.78 is 5.00. The average molecular weight is 500 g/mol. The Morgan fingerprint density at radius 1 is 1.17 bits per heavy atom. The zero-order valence-corrected chi connectivity index (χ0v) is 21.3. The number of nitrogens with zero attached hydrogens (tertiary/aromatic N) is 2. The lowest BCUT2D eigenvalue weighted by atomic mass is 9.82. The van der Waals surface area contributed by atoms with Crippen LogP contribution < -0.4 is 5.32 Å². The van der Waals surface area contributed by atoms with E-state index in [0.29, 0.717) is 40.8 Å². The molecule has 1 aliphatic rings. The fourth-order valence-electron chi connectivity index (χ4n) is 4.41. The number of carbonyl (C=O) groups excluding carboxylic acids is 2. The van der Waals surface area contributed by atoms with E-state index in [2.05, 4.69) is 35.7 Å². The average Bonchev–Trinajstić information content (AvgIpc) is 2.91. The van der Waals surface area contributed by atoms with Crippen LogP contribution in [-0.4, -0.2) is 28.7 Å². The summed E-state index contributed by atoms with van der Waals surface area (Å²) in [5.74, 6) is -0.135. The van der Waals surface area contributed by atoms with E-state index >= 15 is 0 Å². The van der Waals surface area contributed by atoms with Crippen LogP contribution in [0.3, 0.4) is 0 Å². The quantitative estimate of drug-likeness (QED) is 0.306. The Kier molecular flexibility index (Phi) is 8.40. The van der Waals surface area contributed by atoms with Crippen molar-refractivity contribution in [2.24, 2.45) is 0 Å². The van der Waals surface area contributed by atoms with Crippen molar-refractivity contribution < 1.29 is 14.3 Å². The van der Waals surface area contributed by atoms with Gasteiger partial charge < -0.3 is 10.1 Å². The van der Waals surface area contributed by atoms with Crippen LogP contribution in [0.5, 0.6) is 0 Å². The van der Waals surface area contributed by atoms with Crippen LogP contribution in [-0.2, 0) is 22.4 Å². The van der Waals surface area contributed by atoms with Gasteiger partial charge in [0, 0.05) is 11.4 Å². The number of rotatable bonds is 8. The molecular weight excluding hydrogens is 470 g/mol. The molecule has 2 unspecified atom stereocenters. The fourth-order valence-corrected chi connectivity index (χ4v) is 5.41. The van der Waals surface area contributed by atoms with Crippen molar-refractivity contribution in [2.75, 3.05) is 11.9 Å². The van der Waals surface area contributed by atoms with Gasteiger partial charge in [-0.1, -0.05) is 49.0 Å². The molecule has 6 nitrogen and oxygen atoms in total. The molecule has 0 radical (unpaired) electrons.